The lowest BCUT2D eigenvalue weighted by atomic mass is 10.1. The fourth-order valence-electron chi connectivity index (χ4n) is 1.79. The molecule has 0 aromatic rings. The number of carbonyl (C=O) groups is 1. The molecule has 2 N–H and O–H groups in total. The van der Waals surface area contributed by atoms with Gasteiger partial charge in [-0.25, -0.2) is 0 Å². The third-order valence-electron chi connectivity index (χ3n) is 2.63. The van der Waals surface area contributed by atoms with Gasteiger partial charge in [0.1, 0.15) is 0 Å². The molecule has 0 heterocycles. The van der Waals surface area contributed by atoms with Gasteiger partial charge in [0.15, 0.2) is 0 Å². The van der Waals surface area contributed by atoms with E-state index in [0.717, 1.165) is 19.5 Å². The van der Waals surface area contributed by atoms with Crippen LogP contribution in [0.3, 0.4) is 0 Å². The topological polar surface area (TPSA) is 41.1 Å². The number of hydrogen-bond acceptors (Lipinski definition) is 2. The number of hydrogen-bond donors (Lipinski definition) is 2. The van der Waals surface area contributed by atoms with E-state index in [-0.39, 0.29) is 5.91 Å². The Hall–Kier alpha value is -0.570. The molecule has 0 aliphatic heterocycles. The minimum Gasteiger partial charge on any atom is -0.356 e. The zero-order chi connectivity index (χ0) is 12.2. The van der Waals surface area contributed by atoms with Crippen LogP contribution in [0.5, 0.6) is 0 Å². The molecule has 1 amide bonds. The van der Waals surface area contributed by atoms with E-state index in [2.05, 4.69) is 31.4 Å². The first-order chi connectivity index (χ1) is 7.74. The number of nitrogens with one attached hydrogen (secondary N) is 2. The first-order valence-corrected chi connectivity index (χ1v) is 6.74. The second kappa shape index (κ2) is 10.9. The molecule has 0 atom stereocenters. The van der Waals surface area contributed by atoms with Crippen LogP contribution in [0.4, 0.5) is 0 Å². The van der Waals surface area contributed by atoms with Gasteiger partial charge in [0.2, 0.25) is 5.91 Å². The summed E-state index contributed by atoms with van der Waals surface area (Å²) in [5, 5.41) is 6.36. The van der Waals surface area contributed by atoms with Crippen molar-refractivity contribution in [2.45, 2.75) is 65.3 Å². The van der Waals surface area contributed by atoms with Gasteiger partial charge in [0.05, 0.1) is 0 Å². The second-order valence-corrected chi connectivity index (χ2v) is 4.33. The predicted molar refractivity (Wildman–Crippen MR) is 69.5 cm³/mol. The summed E-state index contributed by atoms with van der Waals surface area (Å²) in [5.41, 5.74) is 0. The largest absolute Gasteiger partial charge is 0.356 e. The maximum atomic E-state index is 11.3. The third-order valence-corrected chi connectivity index (χ3v) is 2.63. The summed E-state index contributed by atoms with van der Waals surface area (Å²) < 4.78 is 0. The van der Waals surface area contributed by atoms with Crippen molar-refractivity contribution in [2.24, 2.45) is 0 Å². The number of carbonyl (C=O) groups excluding carboxylic acids is 1. The highest BCUT2D eigenvalue weighted by Gasteiger charge is 2.06. The normalized spacial score (nSPS) is 10.8. The van der Waals surface area contributed by atoms with Crippen LogP contribution in [-0.2, 0) is 4.79 Å². The SMILES string of the molecule is CCCNC(=O)CCNC(CCC)CCC. The molecule has 0 unspecified atom stereocenters. The Bertz CT molecular complexity index is 165. The van der Waals surface area contributed by atoms with Crippen LogP contribution in [0.2, 0.25) is 0 Å². The molecular formula is C13H28N2O. The molecular weight excluding hydrogens is 200 g/mol. The van der Waals surface area contributed by atoms with Gasteiger partial charge in [-0.2, -0.15) is 0 Å². The number of rotatable bonds is 10. The maximum Gasteiger partial charge on any atom is 0.221 e. The summed E-state index contributed by atoms with van der Waals surface area (Å²) in [4.78, 5) is 11.3. The van der Waals surface area contributed by atoms with Crippen molar-refractivity contribution in [1.29, 1.82) is 0 Å². The Morgan fingerprint density at radius 3 is 2.12 bits per heavy atom. The average molecular weight is 228 g/mol. The van der Waals surface area contributed by atoms with E-state index in [9.17, 15) is 4.79 Å². The minimum absolute atomic E-state index is 0.168. The van der Waals surface area contributed by atoms with Crippen molar-refractivity contribution in [1.82, 2.24) is 10.6 Å². The minimum atomic E-state index is 0.168. The third kappa shape index (κ3) is 8.72. The molecule has 3 nitrogen and oxygen atoms in total. The van der Waals surface area contributed by atoms with Gasteiger partial charge >= 0.3 is 0 Å². The fraction of sp³-hybridized carbons (Fsp3) is 0.923. The lowest BCUT2D eigenvalue weighted by molar-refractivity contribution is -0.121. The highest BCUT2D eigenvalue weighted by atomic mass is 16.1. The van der Waals surface area contributed by atoms with Crippen LogP contribution in [0.25, 0.3) is 0 Å². The Kier molecular flexibility index (Phi) is 10.5. The van der Waals surface area contributed by atoms with E-state index in [0.29, 0.717) is 12.5 Å². The van der Waals surface area contributed by atoms with E-state index in [1.54, 1.807) is 0 Å². The molecule has 0 saturated heterocycles. The molecule has 0 bridgehead atoms. The molecule has 0 aliphatic rings. The molecule has 0 aromatic carbocycles. The Balaban J connectivity index is 3.55. The lowest BCUT2D eigenvalue weighted by Crippen LogP contribution is -2.33. The molecule has 16 heavy (non-hydrogen) atoms. The van der Waals surface area contributed by atoms with Gasteiger partial charge in [0, 0.05) is 25.6 Å². The highest BCUT2D eigenvalue weighted by molar-refractivity contribution is 5.75. The van der Waals surface area contributed by atoms with Gasteiger partial charge < -0.3 is 10.6 Å². The lowest BCUT2D eigenvalue weighted by Gasteiger charge is -2.17. The molecule has 0 aliphatic carbocycles. The maximum absolute atomic E-state index is 11.3. The molecule has 0 saturated carbocycles. The molecule has 0 rings (SSSR count). The smallest absolute Gasteiger partial charge is 0.221 e. The Labute approximate surface area is 100 Å². The molecule has 96 valence electrons. The summed E-state index contributed by atoms with van der Waals surface area (Å²) in [6.45, 7) is 8.08. The summed E-state index contributed by atoms with van der Waals surface area (Å²) in [6, 6.07) is 0.592. The summed E-state index contributed by atoms with van der Waals surface area (Å²) in [5.74, 6) is 0.168. The van der Waals surface area contributed by atoms with Crippen molar-refractivity contribution in [3.63, 3.8) is 0 Å². The van der Waals surface area contributed by atoms with Crippen LogP contribution in [0.15, 0.2) is 0 Å². The van der Waals surface area contributed by atoms with Crippen molar-refractivity contribution >= 4 is 5.91 Å². The fourth-order valence-corrected chi connectivity index (χ4v) is 1.79. The Morgan fingerprint density at radius 1 is 1.00 bits per heavy atom. The van der Waals surface area contributed by atoms with E-state index in [1.807, 2.05) is 0 Å². The van der Waals surface area contributed by atoms with Gasteiger partial charge in [-0.1, -0.05) is 33.6 Å². The van der Waals surface area contributed by atoms with E-state index in [4.69, 9.17) is 0 Å². The van der Waals surface area contributed by atoms with Gasteiger partial charge in [-0.3, -0.25) is 4.79 Å². The van der Waals surface area contributed by atoms with Gasteiger partial charge in [-0.05, 0) is 19.3 Å². The average Bonchev–Trinajstić information content (AvgIpc) is 2.27. The van der Waals surface area contributed by atoms with Crippen LogP contribution in [-0.4, -0.2) is 25.0 Å². The molecule has 0 radical (unpaired) electrons. The van der Waals surface area contributed by atoms with Crippen molar-refractivity contribution in [2.75, 3.05) is 13.1 Å². The summed E-state index contributed by atoms with van der Waals surface area (Å²) in [7, 11) is 0. The first-order valence-electron chi connectivity index (χ1n) is 6.74. The van der Waals surface area contributed by atoms with Crippen molar-refractivity contribution in [3.05, 3.63) is 0 Å². The molecule has 0 fully saturated rings. The number of amides is 1. The van der Waals surface area contributed by atoms with Crippen LogP contribution >= 0.6 is 0 Å². The van der Waals surface area contributed by atoms with Crippen molar-refractivity contribution < 1.29 is 4.79 Å². The predicted octanol–water partition coefficient (Wildman–Crippen LogP) is 2.46. The standard InChI is InChI=1S/C13H28N2O/c1-4-7-12(8-5-2)14-11-9-13(16)15-10-6-3/h12,14H,4-11H2,1-3H3,(H,15,16). The van der Waals surface area contributed by atoms with Gasteiger partial charge in [-0.15, -0.1) is 0 Å². The Morgan fingerprint density at radius 2 is 1.62 bits per heavy atom. The van der Waals surface area contributed by atoms with E-state index >= 15 is 0 Å². The molecule has 0 spiro atoms. The van der Waals surface area contributed by atoms with E-state index < -0.39 is 0 Å². The van der Waals surface area contributed by atoms with Crippen molar-refractivity contribution in [3.8, 4) is 0 Å². The highest BCUT2D eigenvalue weighted by Crippen LogP contribution is 2.04. The first kappa shape index (κ1) is 15.4. The van der Waals surface area contributed by atoms with Crippen LogP contribution < -0.4 is 10.6 Å². The van der Waals surface area contributed by atoms with Crippen LogP contribution in [0, 0.1) is 0 Å². The van der Waals surface area contributed by atoms with Gasteiger partial charge in [0.25, 0.3) is 0 Å². The zero-order valence-electron chi connectivity index (χ0n) is 11.1. The van der Waals surface area contributed by atoms with E-state index in [1.165, 1.54) is 25.7 Å². The summed E-state index contributed by atoms with van der Waals surface area (Å²) >= 11 is 0. The molecule has 3 heteroatoms. The zero-order valence-corrected chi connectivity index (χ0v) is 11.1. The second-order valence-electron chi connectivity index (χ2n) is 4.33. The summed E-state index contributed by atoms with van der Waals surface area (Å²) in [6.07, 6.45) is 6.45. The quantitative estimate of drug-likeness (QED) is 0.603. The molecule has 0 aromatic heterocycles. The van der Waals surface area contributed by atoms with Crippen LogP contribution in [0.1, 0.15) is 59.3 Å². The monoisotopic (exact) mass is 228 g/mol.